The van der Waals surface area contributed by atoms with Crippen molar-refractivity contribution in [2.24, 2.45) is 0 Å². The Morgan fingerprint density at radius 3 is 2.62 bits per heavy atom. The summed E-state index contributed by atoms with van der Waals surface area (Å²) in [5.41, 5.74) is 5.27. The maximum atomic E-state index is 8.90. The molecule has 21 heavy (non-hydrogen) atoms. The van der Waals surface area contributed by atoms with Crippen LogP contribution in [0.1, 0.15) is 16.7 Å². The lowest BCUT2D eigenvalue weighted by Crippen LogP contribution is -2.01. The van der Waals surface area contributed by atoms with E-state index in [0.29, 0.717) is 12.1 Å². The number of aryl methyl sites for hydroxylation is 1. The second-order valence-corrected chi connectivity index (χ2v) is 5.05. The molecule has 0 radical (unpaired) electrons. The molecule has 0 unspecified atom stereocenters. The van der Waals surface area contributed by atoms with E-state index in [1.807, 2.05) is 60.4 Å². The molecule has 0 aliphatic carbocycles. The van der Waals surface area contributed by atoms with Crippen LogP contribution in [-0.4, -0.2) is 9.78 Å². The van der Waals surface area contributed by atoms with Crippen LogP contribution in [0.5, 0.6) is 0 Å². The summed E-state index contributed by atoms with van der Waals surface area (Å²) in [5, 5.41) is 13.3. The number of hydrogen-bond acceptors (Lipinski definition) is 2. The van der Waals surface area contributed by atoms with E-state index in [2.05, 4.69) is 23.3 Å². The standard InChI is InChI=1S/C18H15N3/c1-14-9-15(10-19)7-8-17(14)12-21-13-18(11-20-21)16-5-3-2-4-6-16/h2-9,11,13H,12H2,1H3. The lowest BCUT2D eigenvalue weighted by atomic mass is 10.1. The van der Waals surface area contributed by atoms with Gasteiger partial charge < -0.3 is 0 Å². The molecule has 0 amide bonds. The largest absolute Gasteiger partial charge is 0.268 e. The second kappa shape index (κ2) is 5.64. The molecule has 2 aromatic carbocycles. The zero-order chi connectivity index (χ0) is 14.7. The molecule has 0 spiro atoms. The first-order chi connectivity index (χ1) is 10.3. The summed E-state index contributed by atoms with van der Waals surface area (Å²) in [5.74, 6) is 0. The Morgan fingerprint density at radius 1 is 1.10 bits per heavy atom. The SMILES string of the molecule is Cc1cc(C#N)ccc1Cn1cc(-c2ccccc2)cn1. The molecule has 0 saturated heterocycles. The molecule has 1 heterocycles. The van der Waals surface area contributed by atoms with Gasteiger partial charge in [-0.05, 0) is 35.7 Å². The summed E-state index contributed by atoms with van der Waals surface area (Å²) in [6, 6.07) is 18.1. The van der Waals surface area contributed by atoms with Crippen molar-refractivity contribution in [2.45, 2.75) is 13.5 Å². The van der Waals surface area contributed by atoms with Crippen molar-refractivity contribution in [3.05, 3.63) is 77.6 Å². The van der Waals surface area contributed by atoms with E-state index in [9.17, 15) is 0 Å². The fourth-order valence-electron chi connectivity index (χ4n) is 2.35. The third-order valence-electron chi connectivity index (χ3n) is 3.54. The van der Waals surface area contributed by atoms with Gasteiger partial charge in [0.1, 0.15) is 0 Å². The minimum absolute atomic E-state index is 0.696. The van der Waals surface area contributed by atoms with E-state index in [-0.39, 0.29) is 0 Å². The molecule has 0 N–H and O–H groups in total. The molecular formula is C18H15N3. The maximum absolute atomic E-state index is 8.90. The van der Waals surface area contributed by atoms with Gasteiger partial charge in [-0.15, -0.1) is 0 Å². The van der Waals surface area contributed by atoms with Crippen LogP contribution < -0.4 is 0 Å². The Morgan fingerprint density at radius 2 is 1.90 bits per heavy atom. The number of hydrogen-bond donors (Lipinski definition) is 0. The number of benzene rings is 2. The molecule has 0 bridgehead atoms. The Hall–Kier alpha value is -2.86. The average molecular weight is 273 g/mol. The van der Waals surface area contributed by atoms with Gasteiger partial charge in [-0.25, -0.2) is 0 Å². The number of aromatic nitrogens is 2. The first kappa shape index (κ1) is 13.1. The van der Waals surface area contributed by atoms with Crippen molar-refractivity contribution in [3.63, 3.8) is 0 Å². The van der Waals surface area contributed by atoms with Crippen LogP contribution >= 0.6 is 0 Å². The molecule has 3 aromatic rings. The Labute approximate surface area is 124 Å². The third kappa shape index (κ3) is 2.85. The first-order valence-corrected chi connectivity index (χ1v) is 6.84. The lowest BCUT2D eigenvalue weighted by molar-refractivity contribution is 0.684. The van der Waals surface area contributed by atoms with Gasteiger partial charge in [0.2, 0.25) is 0 Å². The maximum Gasteiger partial charge on any atom is 0.0991 e. The van der Waals surface area contributed by atoms with E-state index in [0.717, 1.165) is 11.1 Å². The molecule has 102 valence electrons. The van der Waals surface area contributed by atoms with E-state index in [1.165, 1.54) is 11.1 Å². The zero-order valence-electron chi connectivity index (χ0n) is 11.8. The summed E-state index contributed by atoms with van der Waals surface area (Å²) in [7, 11) is 0. The van der Waals surface area contributed by atoms with Gasteiger partial charge in [0.05, 0.1) is 24.4 Å². The molecule has 0 atom stereocenters. The van der Waals surface area contributed by atoms with Crippen LogP contribution in [0.25, 0.3) is 11.1 Å². The number of nitriles is 1. The van der Waals surface area contributed by atoms with E-state index >= 15 is 0 Å². The van der Waals surface area contributed by atoms with Crippen LogP contribution in [0.2, 0.25) is 0 Å². The monoisotopic (exact) mass is 273 g/mol. The molecule has 3 nitrogen and oxygen atoms in total. The molecule has 0 aliphatic heterocycles. The molecule has 0 fully saturated rings. The van der Waals surface area contributed by atoms with Crippen LogP contribution in [-0.2, 0) is 6.54 Å². The van der Waals surface area contributed by atoms with E-state index in [1.54, 1.807) is 0 Å². The summed E-state index contributed by atoms with van der Waals surface area (Å²) >= 11 is 0. The Balaban J connectivity index is 1.84. The van der Waals surface area contributed by atoms with Crippen molar-refractivity contribution in [1.82, 2.24) is 9.78 Å². The third-order valence-corrected chi connectivity index (χ3v) is 3.54. The smallest absolute Gasteiger partial charge is 0.0991 e. The quantitative estimate of drug-likeness (QED) is 0.728. The predicted octanol–water partition coefficient (Wildman–Crippen LogP) is 3.78. The highest BCUT2D eigenvalue weighted by atomic mass is 15.3. The van der Waals surface area contributed by atoms with Crippen molar-refractivity contribution < 1.29 is 0 Å². The van der Waals surface area contributed by atoms with E-state index in [4.69, 9.17) is 5.26 Å². The Bertz CT molecular complexity index is 795. The fourth-order valence-corrected chi connectivity index (χ4v) is 2.35. The number of nitrogens with zero attached hydrogens (tertiary/aromatic N) is 3. The van der Waals surface area contributed by atoms with Gasteiger partial charge >= 0.3 is 0 Å². The first-order valence-electron chi connectivity index (χ1n) is 6.84. The van der Waals surface area contributed by atoms with Crippen molar-refractivity contribution in [3.8, 4) is 17.2 Å². The van der Waals surface area contributed by atoms with Gasteiger partial charge in [0.15, 0.2) is 0 Å². The van der Waals surface area contributed by atoms with Gasteiger partial charge in [-0.3, -0.25) is 4.68 Å². The van der Waals surface area contributed by atoms with Gasteiger partial charge in [-0.1, -0.05) is 36.4 Å². The zero-order valence-corrected chi connectivity index (χ0v) is 11.8. The van der Waals surface area contributed by atoms with E-state index < -0.39 is 0 Å². The summed E-state index contributed by atoms with van der Waals surface area (Å²) < 4.78 is 1.93. The highest BCUT2D eigenvalue weighted by molar-refractivity contribution is 5.61. The van der Waals surface area contributed by atoms with Crippen LogP contribution in [0.3, 0.4) is 0 Å². The minimum Gasteiger partial charge on any atom is -0.268 e. The molecular weight excluding hydrogens is 258 g/mol. The second-order valence-electron chi connectivity index (χ2n) is 5.05. The van der Waals surface area contributed by atoms with Crippen LogP contribution in [0.4, 0.5) is 0 Å². The van der Waals surface area contributed by atoms with Gasteiger partial charge in [-0.2, -0.15) is 10.4 Å². The molecule has 0 aliphatic rings. The normalized spacial score (nSPS) is 10.3. The topological polar surface area (TPSA) is 41.6 Å². The predicted molar refractivity (Wildman–Crippen MR) is 82.7 cm³/mol. The summed E-state index contributed by atoms with van der Waals surface area (Å²) in [4.78, 5) is 0. The van der Waals surface area contributed by atoms with Crippen LogP contribution in [0.15, 0.2) is 60.9 Å². The fraction of sp³-hybridized carbons (Fsp3) is 0.111. The Kier molecular flexibility index (Phi) is 3.53. The highest BCUT2D eigenvalue weighted by Gasteiger charge is 2.04. The minimum atomic E-state index is 0.696. The lowest BCUT2D eigenvalue weighted by Gasteiger charge is -2.06. The summed E-state index contributed by atoms with van der Waals surface area (Å²) in [6.07, 6.45) is 3.93. The van der Waals surface area contributed by atoms with Crippen LogP contribution in [0, 0.1) is 18.3 Å². The highest BCUT2D eigenvalue weighted by Crippen LogP contribution is 2.19. The number of rotatable bonds is 3. The summed E-state index contributed by atoms with van der Waals surface area (Å²) in [6.45, 7) is 2.74. The molecule has 3 heteroatoms. The van der Waals surface area contributed by atoms with Crippen molar-refractivity contribution in [2.75, 3.05) is 0 Å². The van der Waals surface area contributed by atoms with Crippen molar-refractivity contribution >= 4 is 0 Å². The van der Waals surface area contributed by atoms with Gasteiger partial charge in [0.25, 0.3) is 0 Å². The molecule has 3 rings (SSSR count). The van der Waals surface area contributed by atoms with Gasteiger partial charge in [0, 0.05) is 11.8 Å². The average Bonchev–Trinajstić information content (AvgIpc) is 2.99. The molecule has 1 aromatic heterocycles. The molecule has 0 saturated carbocycles. The van der Waals surface area contributed by atoms with Crippen molar-refractivity contribution in [1.29, 1.82) is 5.26 Å².